The third-order valence-electron chi connectivity index (χ3n) is 9.69. The van der Waals surface area contributed by atoms with Gasteiger partial charge in [0.25, 0.3) is 0 Å². The number of allylic oxidation sites excluding steroid dienone is 4. The van der Waals surface area contributed by atoms with Crippen molar-refractivity contribution >= 4 is 23.6 Å². The van der Waals surface area contributed by atoms with Crippen molar-refractivity contribution in [3.8, 4) is 11.1 Å². The second-order valence-electron chi connectivity index (χ2n) is 13.0. The van der Waals surface area contributed by atoms with Crippen molar-refractivity contribution in [1.82, 2.24) is 14.8 Å². The van der Waals surface area contributed by atoms with Crippen LogP contribution in [0.1, 0.15) is 96.6 Å². The molecule has 0 bridgehead atoms. The number of aromatic nitrogens is 3. The molecule has 8 heteroatoms. The minimum Gasteiger partial charge on any atom is -0.379 e. The lowest BCUT2D eigenvalue weighted by molar-refractivity contribution is -0.260. The monoisotopic (exact) mass is 640 g/mol. The number of benzene rings is 2. The fraction of sp³-hybridized carbons (Fsp3) is 0.513. The molecule has 1 aliphatic carbocycles. The molecular weight excluding hydrogens is 588 g/mol. The Bertz CT molecular complexity index is 1510. The first-order valence-corrected chi connectivity index (χ1v) is 17.4. The Morgan fingerprint density at radius 2 is 1.83 bits per heavy atom. The number of anilines is 1. The maximum absolute atomic E-state index is 12.6. The fourth-order valence-corrected chi connectivity index (χ4v) is 7.00. The van der Waals surface area contributed by atoms with E-state index in [9.17, 15) is 4.79 Å². The number of hydrogen-bond donors (Lipinski definition) is 0. The number of ether oxygens (including phenoxy) is 3. The molecule has 1 atom stereocenters. The van der Waals surface area contributed by atoms with E-state index in [1.807, 2.05) is 4.68 Å². The minimum absolute atomic E-state index is 0.0128. The average molecular weight is 641 g/mol. The maximum atomic E-state index is 12.6. The summed E-state index contributed by atoms with van der Waals surface area (Å²) in [6.45, 7) is 10.1. The van der Waals surface area contributed by atoms with E-state index >= 15 is 0 Å². The van der Waals surface area contributed by atoms with Crippen LogP contribution in [0.5, 0.6) is 0 Å². The highest BCUT2D eigenvalue weighted by Crippen LogP contribution is 2.38. The Morgan fingerprint density at radius 3 is 2.49 bits per heavy atom. The third kappa shape index (κ3) is 8.29. The van der Waals surface area contributed by atoms with Crippen molar-refractivity contribution in [2.75, 3.05) is 25.2 Å². The Hall–Kier alpha value is -3.59. The molecule has 0 unspecified atom stereocenters. The molecule has 8 nitrogen and oxygen atoms in total. The van der Waals surface area contributed by atoms with Crippen molar-refractivity contribution in [2.24, 2.45) is 0 Å². The van der Waals surface area contributed by atoms with Gasteiger partial charge in [-0.3, -0.25) is 9.69 Å². The highest BCUT2D eigenvalue weighted by atomic mass is 16.7. The molecule has 252 valence electrons. The number of nitrogens with zero attached hydrogens (tertiary/aromatic N) is 4. The molecule has 1 saturated carbocycles. The number of carbonyl (C=O) groups excluding carboxylic acids is 1. The summed E-state index contributed by atoms with van der Waals surface area (Å²) in [5.74, 6) is -0.0651. The summed E-state index contributed by atoms with van der Waals surface area (Å²) in [7, 11) is 1.72. The van der Waals surface area contributed by atoms with Gasteiger partial charge in [0, 0.05) is 38.3 Å². The molecule has 3 aromatic rings. The molecule has 2 aliphatic rings. The lowest BCUT2D eigenvalue weighted by Gasteiger charge is -2.42. The van der Waals surface area contributed by atoms with Crippen molar-refractivity contribution in [1.29, 1.82) is 0 Å². The van der Waals surface area contributed by atoms with E-state index in [1.54, 1.807) is 18.3 Å². The van der Waals surface area contributed by atoms with Gasteiger partial charge in [-0.1, -0.05) is 81.3 Å². The van der Waals surface area contributed by atoms with Crippen LogP contribution in [-0.2, 0) is 25.4 Å². The molecule has 2 heterocycles. The summed E-state index contributed by atoms with van der Waals surface area (Å²) in [6.07, 6.45) is 13.5. The molecule has 1 saturated heterocycles. The molecule has 47 heavy (non-hydrogen) atoms. The van der Waals surface area contributed by atoms with Crippen LogP contribution in [0.3, 0.4) is 0 Å². The van der Waals surface area contributed by atoms with E-state index < -0.39 is 5.79 Å². The van der Waals surface area contributed by atoms with E-state index in [-0.39, 0.29) is 12.1 Å². The number of carbonyl (C=O) groups is 1. The lowest BCUT2D eigenvalue weighted by Crippen LogP contribution is -2.48. The largest absolute Gasteiger partial charge is 0.379 e. The lowest BCUT2D eigenvalue weighted by atomic mass is 9.89. The molecule has 0 N–H and O–H groups in total. The molecular formula is C39H52N4O4. The van der Waals surface area contributed by atoms with Crippen molar-refractivity contribution in [2.45, 2.75) is 110 Å². The molecule has 1 aromatic heterocycles. The van der Waals surface area contributed by atoms with Gasteiger partial charge < -0.3 is 14.2 Å². The van der Waals surface area contributed by atoms with Crippen LogP contribution in [0.25, 0.3) is 22.4 Å². The van der Waals surface area contributed by atoms with Crippen LogP contribution >= 0.6 is 0 Å². The summed E-state index contributed by atoms with van der Waals surface area (Å²) in [6, 6.07) is 17.6. The van der Waals surface area contributed by atoms with Crippen molar-refractivity contribution in [3.63, 3.8) is 0 Å². The second kappa shape index (κ2) is 16.5. The van der Waals surface area contributed by atoms with Crippen LogP contribution in [0.2, 0.25) is 0 Å². The van der Waals surface area contributed by atoms with Gasteiger partial charge in [-0.15, -0.1) is 0 Å². The van der Waals surface area contributed by atoms with Gasteiger partial charge in [-0.25, -0.2) is 4.68 Å². The summed E-state index contributed by atoms with van der Waals surface area (Å²) in [4.78, 5) is 19.0. The SMILES string of the molecule is CCC/C=C(/C)c1ccccc1-c1ccc(C/C(C)=C(\CCC)n2ncnc2N(C=O)C2CCC(OC)(O[C@@H]3CCOC3)CC2)cc1. The first-order chi connectivity index (χ1) is 22.9. The molecule has 2 aromatic carbocycles. The van der Waals surface area contributed by atoms with E-state index in [0.29, 0.717) is 25.4 Å². The smallest absolute Gasteiger partial charge is 0.235 e. The number of methoxy groups -OCH3 is 1. The Kier molecular flexibility index (Phi) is 12.2. The van der Waals surface area contributed by atoms with Crippen LogP contribution in [0.4, 0.5) is 5.95 Å². The van der Waals surface area contributed by atoms with Gasteiger partial charge >= 0.3 is 0 Å². The number of amides is 1. The highest BCUT2D eigenvalue weighted by Gasteiger charge is 2.41. The quantitative estimate of drug-likeness (QED) is 0.123. The summed E-state index contributed by atoms with van der Waals surface area (Å²) in [5, 5.41) is 4.65. The maximum Gasteiger partial charge on any atom is 0.235 e. The van der Waals surface area contributed by atoms with E-state index in [4.69, 9.17) is 14.2 Å². The molecule has 5 rings (SSSR count). The van der Waals surface area contributed by atoms with Crippen molar-refractivity contribution < 1.29 is 19.0 Å². The standard InChI is InChI=1S/C39H52N4O4/c1-6-8-12-29(3)35-13-9-10-14-36(35)32-17-15-31(16-18-32)25-30(4)37(11-7-2)43-38(40-27-41-43)42(28-44)33-19-22-39(45-5,23-20-33)47-34-21-24-46-26-34/h9-10,12-18,27-28,33-34H,6-8,11,19-26H2,1-5H3/b29-12-,37-30+/t33?,34-,39?/m1/s1. The molecule has 2 fully saturated rings. The first kappa shape index (κ1) is 34.7. The second-order valence-corrected chi connectivity index (χ2v) is 13.0. The number of hydrogen-bond acceptors (Lipinski definition) is 6. The molecule has 0 radical (unpaired) electrons. The van der Waals surface area contributed by atoms with Gasteiger partial charge in [-0.05, 0) is 85.8 Å². The highest BCUT2D eigenvalue weighted by molar-refractivity contribution is 5.80. The van der Waals surface area contributed by atoms with Gasteiger partial charge in [0.1, 0.15) is 6.33 Å². The third-order valence-corrected chi connectivity index (χ3v) is 9.69. The summed E-state index contributed by atoms with van der Waals surface area (Å²) in [5.41, 5.74) is 8.62. The van der Waals surface area contributed by atoms with E-state index in [0.717, 1.165) is 70.1 Å². The molecule has 1 amide bonds. The van der Waals surface area contributed by atoms with Crippen LogP contribution in [0.15, 0.2) is 66.5 Å². The zero-order valence-corrected chi connectivity index (χ0v) is 28.9. The number of unbranched alkanes of at least 4 members (excludes halogenated alkanes) is 1. The van der Waals surface area contributed by atoms with Crippen molar-refractivity contribution in [3.05, 3.63) is 77.6 Å². The van der Waals surface area contributed by atoms with Gasteiger partial charge in [0.05, 0.1) is 12.7 Å². The van der Waals surface area contributed by atoms with Gasteiger partial charge in [0.2, 0.25) is 12.4 Å². The summed E-state index contributed by atoms with van der Waals surface area (Å²) < 4.78 is 19.7. The first-order valence-electron chi connectivity index (χ1n) is 17.4. The van der Waals surface area contributed by atoms with Crippen LogP contribution in [-0.4, -0.2) is 59.4 Å². The molecule has 1 aliphatic heterocycles. The van der Waals surface area contributed by atoms with Gasteiger partial charge in [-0.2, -0.15) is 10.1 Å². The molecule has 0 spiro atoms. The zero-order valence-electron chi connectivity index (χ0n) is 28.9. The van der Waals surface area contributed by atoms with Crippen LogP contribution in [0, 0.1) is 0 Å². The van der Waals surface area contributed by atoms with E-state index in [1.165, 1.54) is 33.4 Å². The minimum atomic E-state index is -0.636. The Labute approximate surface area is 280 Å². The zero-order chi connectivity index (χ0) is 33.2. The Balaban J connectivity index is 1.33. The fourth-order valence-electron chi connectivity index (χ4n) is 7.00. The number of rotatable bonds is 15. The summed E-state index contributed by atoms with van der Waals surface area (Å²) >= 11 is 0. The normalized spacial score (nSPS) is 22.3. The van der Waals surface area contributed by atoms with E-state index in [2.05, 4.69) is 92.4 Å². The van der Waals surface area contributed by atoms with Crippen LogP contribution < -0.4 is 4.90 Å². The predicted molar refractivity (Wildman–Crippen MR) is 189 cm³/mol. The average Bonchev–Trinajstić information content (AvgIpc) is 3.80. The topological polar surface area (TPSA) is 78.7 Å². The van der Waals surface area contributed by atoms with Gasteiger partial charge in [0.15, 0.2) is 5.79 Å². The Morgan fingerprint density at radius 1 is 1.06 bits per heavy atom. The predicted octanol–water partition coefficient (Wildman–Crippen LogP) is 8.48.